The van der Waals surface area contributed by atoms with Crippen molar-refractivity contribution in [1.82, 2.24) is 15.1 Å². The molecule has 3 fully saturated rings. The molecular formula is C27H32N4O9S. The Morgan fingerprint density at radius 3 is 2.51 bits per heavy atom. The van der Waals surface area contributed by atoms with E-state index in [1.807, 2.05) is 6.92 Å². The van der Waals surface area contributed by atoms with Crippen molar-refractivity contribution < 1.29 is 39.1 Å². The zero-order valence-corrected chi connectivity index (χ0v) is 23.6. The number of nitro groups is 1. The normalized spacial score (nSPS) is 30.9. The summed E-state index contributed by atoms with van der Waals surface area (Å²) in [7, 11) is 1.56. The molecule has 0 aromatic heterocycles. The van der Waals surface area contributed by atoms with Crippen molar-refractivity contribution in [2.75, 3.05) is 13.6 Å². The number of rotatable bonds is 9. The predicted octanol–water partition coefficient (Wildman–Crippen LogP) is 1.94. The molecule has 3 heterocycles. The Balaban J connectivity index is 1.32. The number of carbonyl (C=O) groups excluding carboxylic acids is 3. The van der Waals surface area contributed by atoms with E-state index in [0.717, 1.165) is 0 Å². The molecule has 220 valence electrons. The summed E-state index contributed by atoms with van der Waals surface area (Å²) in [4.78, 5) is 64.3. The highest BCUT2D eigenvalue weighted by Gasteiger charge is 2.61. The van der Waals surface area contributed by atoms with Gasteiger partial charge in [-0.15, -0.1) is 11.8 Å². The summed E-state index contributed by atoms with van der Waals surface area (Å²) in [5, 5.41) is 33.5. The van der Waals surface area contributed by atoms with Crippen molar-refractivity contribution in [3.63, 3.8) is 0 Å². The maximum Gasteiger partial charge on any atom is 0.410 e. The first kappa shape index (κ1) is 28.9. The summed E-state index contributed by atoms with van der Waals surface area (Å²) in [6.45, 7) is 3.54. The van der Waals surface area contributed by atoms with Crippen LogP contribution in [0.1, 0.15) is 32.3 Å². The topological polar surface area (TPSA) is 180 Å². The van der Waals surface area contributed by atoms with Gasteiger partial charge in [-0.3, -0.25) is 19.7 Å². The monoisotopic (exact) mass is 588 g/mol. The van der Waals surface area contributed by atoms with Gasteiger partial charge < -0.3 is 30.1 Å². The molecule has 2 saturated heterocycles. The smallest absolute Gasteiger partial charge is 0.410 e. The van der Waals surface area contributed by atoms with Gasteiger partial charge >= 0.3 is 12.1 Å². The predicted molar refractivity (Wildman–Crippen MR) is 145 cm³/mol. The molecule has 3 aliphatic heterocycles. The number of hydrogen-bond donors (Lipinski definition) is 3. The summed E-state index contributed by atoms with van der Waals surface area (Å²) >= 11 is 1.34. The number of fused-ring (bicyclic) bond motifs is 1. The molecule has 1 saturated carbocycles. The van der Waals surface area contributed by atoms with Crippen LogP contribution >= 0.6 is 11.8 Å². The van der Waals surface area contributed by atoms with E-state index in [4.69, 9.17) is 4.74 Å². The van der Waals surface area contributed by atoms with Gasteiger partial charge in [-0.1, -0.05) is 6.92 Å². The van der Waals surface area contributed by atoms with E-state index in [9.17, 15) is 39.5 Å². The molecule has 5 rings (SSSR count). The third kappa shape index (κ3) is 5.14. The standard InChI is InChI=1S/C27H32N4O9S/c1-12-21-20(13(2)32)25(34)30(21)22(26(35)36)23(12)41-16-8-19(17-9-18(17)24(33)28-3)29(10-16)27(37)40-11-14-4-6-15(7-5-14)31(38)39/h4-7,12-13,16-21,32H,8-11H2,1-3H3,(H,28,33)(H,35,36)/t12-,13-,16+,17-,18-,19+,20-,21-/m1/s1. The van der Waals surface area contributed by atoms with Crippen LogP contribution in [-0.4, -0.2) is 85.8 Å². The lowest BCUT2D eigenvalue weighted by Crippen LogP contribution is -2.63. The average molecular weight is 589 g/mol. The lowest BCUT2D eigenvalue weighted by atomic mass is 9.79. The number of aliphatic carboxylic acids is 1. The SMILES string of the molecule is CNC(=O)[C@@H]1C[C@H]1[C@@H]1C[C@H](SC2=C(C(=O)O)N3C(=O)[C@H]([C@@H](C)O)[C@H]3[C@H]2C)CN1C(=O)OCc1ccc([N+](=O)[O-])cc1. The maximum absolute atomic E-state index is 13.3. The lowest BCUT2D eigenvalue weighted by Gasteiger charge is -2.46. The third-order valence-corrected chi connectivity index (χ3v) is 10.1. The fraction of sp³-hybridized carbons (Fsp3) is 0.556. The zero-order valence-electron chi connectivity index (χ0n) is 22.8. The maximum atomic E-state index is 13.3. The number of amides is 3. The van der Waals surface area contributed by atoms with E-state index in [0.29, 0.717) is 23.3 Å². The quantitative estimate of drug-likeness (QED) is 0.219. The molecule has 1 aliphatic carbocycles. The average Bonchev–Trinajstić information content (AvgIpc) is 3.55. The molecule has 1 aromatic carbocycles. The van der Waals surface area contributed by atoms with Crippen molar-refractivity contribution in [2.24, 2.45) is 23.7 Å². The van der Waals surface area contributed by atoms with Crippen LogP contribution in [0.5, 0.6) is 0 Å². The third-order valence-electron chi connectivity index (χ3n) is 8.57. The molecule has 0 spiro atoms. The minimum Gasteiger partial charge on any atom is -0.477 e. The number of β-lactam (4-membered cyclic amide) rings is 1. The Hall–Kier alpha value is -3.65. The second-order valence-electron chi connectivity index (χ2n) is 11.1. The second-order valence-corrected chi connectivity index (χ2v) is 12.4. The van der Waals surface area contributed by atoms with Crippen LogP contribution in [0.25, 0.3) is 0 Å². The number of aliphatic hydroxyl groups is 1. The highest BCUT2D eigenvalue weighted by atomic mass is 32.2. The Morgan fingerprint density at radius 1 is 1.24 bits per heavy atom. The largest absolute Gasteiger partial charge is 0.477 e. The zero-order chi connectivity index (χ0) is 29.7. The molecule has 13 nitrogen and oxygen atoms in total. The van der Waals surface area contributed by atoms with Crippen LogP contribution in [0.4, 0.5) is 10.5 Å². The van der Waals surface area contributed by atoms with Crippen molar-refractivity contribution >= 4 is 41.3 Å². The first-order valence-electron chi connectivity index (χ1n) is 13.5. The van der Waals surface area contributed by atoms with Gasteiger partial charge in [-0.25, -0.2) is 9.59 Å². The Morgan fingerprint density at radius 2 is 1.93 bits per heavy atom. The van der Waals surface area contributed by atoms with Crippen molar-refractivity contribution in [2.45, 2.75) is 56.7 Å². The molecule has 41 heavy (non-hydrogen) atoms. The first-order chi connectivity index (χ1) is 19.4. The molecule has 4 aliphatic rings. The lowest BCUT2D eigenvalue weighted by molar-refractivity contribution is -0.384. The number of aliphatic hydroxyl groups excluding tert-OH is 1. The molecule has 3 N–H and O–H groups in total. The summed E-state index contributed by atoms with van der Waals surface area (Å²) in [6, 6.07) is 4.96. The number of likely N-dealkylation sites (tertiary alicyclic amines) is 1. The second kappa shape index (κ2) is 11.0. The molecule has 1 aromatic rings. The fourth-order valence-electron chi connectivity index (χ4n) is 6.45. The van der Waals surface area contributed by atoms with Crippen molar-refractivity contribution in [3.05, 3.63) is 50.5 Å². The van der Waals surface area contributed by atoms with E-state index in [2.05, 4.69) is 5.32 Å². The molecule has 14 heteroatoms. The molecule has 0 bridgehead atoms. The number of ether oxygens (including phenoxy) is 1. The van der Waals surface area contributed by atoms with Gasteiger partial charge in [0, 0.05) is 53.8 Å². The van der Waals surface area contributed by atoms with Gasteiger partial charge in [0.2, 0.25) is 11.8 Å². The molecule has 8 atom stereocenters. The number of nitro benzene ring substituents is 1. The highest BCUT2D eigenvalue weighted by Crippen LogP contribution is 2.54. The Bertz CT molecular complexity index is 1320. The van der Waals surface area contributed by atoms with E-state index >= 15 is 0 Å². The number of carboxylic acid groups (broad SMARTS) is 1. The van der Waals surface area contributed by atoms with Gasteiger partial charge in [0.1, 0.15) is 12.3 Å². The summed E-state index contributed by atoms with van der Waals surface area (Å²) < 4.78 is 5.56. The Kier molecular flexibility index (Phi) is 7.72. The number of thioether (sulfide) groups is 1. The fourth-order valence-corrected chi connectivity index (χ4v) is 7.99. The van der Waals surface area contributed by atoms with Crippen molar-refractivity contribution in [3.8, 4) is 0 Å². The van der Waals surface area contributed by atoms with Crippen LogP contribution in [-0.2, 0) is 25.7 Å². The summed E-state index contributed by atoms with van der Waals surface area (Å²) in [5.41, 5.74) is 0.439. The van der Waals surface area contributed by atoms with Gasteiger partial charge in [0.05, 0.1) is 23.0 Å². The number of benzene rings is 1. The number of nitrogens with zero attached hydrogens (tertiary/aromatic N) is 3. The van der Waals surface area contributed by atoms with E-state index in [-0.39, 0.29) is 59.5 Å². The van der Waals surface area contributed by atoms with Gasteiger partial charge in [-0.2, -0.15) is 0 Å². The minimum atomic E-state index is -1.21. The molecular weight excluding hydrogens is 556 g/mol. The molecule has 0 unspecified atom stereocenters. The van der Waals surface area contributed by atoms with Gasteiger partial charge in [-0.05, 0) is 43.4 Å². The number of nitrogens with one attached hydrogen (secondary N) is 1. The summed E-state index contributed by atoms with van der Waals surface area (Å²) in [5.74, 6) is -2.99. The van der Waals surface area contributed by atoms with Gasteiger partial charge in [0.25, 0.3) is 5.69 Å². The molecule has 0 radical (unpaired) electrons. The van der Waals surface area contributed by atoms with Crippen LogP contribution < -0.4 is 5.32 Å². The van der Waals surface area contributed by atoms with Crippen LogP contribution in [0.2, 0.25) is 0 Å². The van der Waals surface area contributed by atoms with Crippen LogP contribution in [0.15, 0.2) is 34.9 Å². The first-order valence-corrected chi connectivity index (χ1v) is 14.4. The van der Waals surface area contributed by atoms with Crippen LogP contribution in [0.3, 0.4) is 0 Å². The van der Waals surface area contributed by atoms with E-state index < -0.39 is 41.0 Å². The number of carbonyl (C=O) groups is 4. The highest BCUT2D eigenvalue weighted by molar-refractivity contribution is 8.03. The number of non-ortho nitro benzene ring substituents is 1. The van der Waals surface area contributed by atoms with Gasteiger partial charge in [0.15, 0.2) is 0 Å². The van der Waals surface area contributed by atoms with Crippen LogP contribution in [0, 0.1) is 33.8 Å². The minimum absolute atomic E-state index is 0.0671. The Labute approximate surface area is 240 Å². The van der Waals surface area contributed by atoms with E-state index in [1.54, 1.807) is 11.9 Å². The number of hydrogen-bond acceptors (Lipinski definition) is 9. The summed E-state index contributed by atoms with van der Waals surface area (Å²) in [6.07, 6.45) is -0.358. The molecule has 3 amide bonds. The number of carboxylic acids is 1. The van der Waals surface area contributed by atoms with E-state index in [1.165, 1.54) is 47.9 Å². The van der Waals surface area contributed by atoms with Crippen molar-refractivity contribution in [1.29, 1.82) is 0 Å².